The van der Waals surface area contributed by atoms with E-state index in [0.29, 0.717) is 0 Å². The lowest BCUT2D eigenvalue weighted by atomic mass is 10.0. The molecule has 0 bridgehead atoms. The summed E-state index contributed by atoms with van der Waals surface area (Å²) in [6.07, 6.45) is 6.29. The van der Waals surface area contributed by atoms with Crippen LogP contribution in [0.15, 0.2) is 61.1 Å². The summed E-state index contributed by atoms with van der Waals surface area (Å²) in [4.78, 5) is 4.05. The van der Waals surface area contributed by atoms with Crippen molar-refractivity contribution in [3.8, 4) is 16.9 Å². The van der Waals surface area contributed by atoms with Crippen molar-refractivity contribution in [2.75, 3.05) is 0 Å². The minimum atomic E-state index is 0.0521. The number of pyridine rings is 1. The monoisotopic (exact) mass is 279 g/mol. The molecule has 4 heteroatoms. The highest BCUT2D eigenvalue weighted by atomic mass is 16.5. The smallest absolute Gasteiger partial charge is 0.119 e. The first-order chi connectivity index (χ1) is 10.3. The number of hydrogen-bond acceptors (Lipinski definition) is 3. The summed E-state index contributed by atoms with van der Waals surface area (Å²) < 4.78 is 5.91. The third-order valence-corrected chi connectivity index (χ3v) is 3.27. The Morgan fingerprint density at radius 1 is 1.10 bits per heavy atom. The van der Waals surface area contributed by atoms with Gasteiger partial charge in [0.15, 0.2) is 0 Å². The number of H-pyrrole nitrogens is 1. The number of nitrogens with zero attached hydrogens (tertiary/aromatic N) is 2. The van der Waals surface area contributed by atoms with Gasteiger partial charge in [-0.1, -0.05) is 18.2 Å². The molecule has 0 aliphatic rings. The average Bonchev–Trinajstić information content (AvgIpc) is 2.97. The molecule has 1 aromatic carbocycles. The fourth-order valence-corrected chi connectivity index (χ4v) is 2.30. The molecule has 106 valence electrons. The average molecular weight is 279 g/mol. The van der Waals surface area contributed by atoms with Crippen molar-refractivity contribution >= 4 is 0 Å². The molecule has 0 radical (unpaired) electrons. The van der Waals surface area contributed by atoms with Crippen molar-refractivity contribution in [3.63, 3.8) is 0 Å². The van der Waals surface area contributed by atoms with E-state index in [-0.39, 0.29) is 6.10 Å². The molecule has 2 heterocycles. The maximum Gasteiger partial charge on any atom is 0.119 e. The van der Waals surface area contributed by atoms with Crippen LogP contribution in [0.1, 0.15) is 12.6 Å². The summed E-state index contributed by atoms with van der Waals surface area (Å²) >= 11 is 0. The number of ether oxygens (including phenoxy) is 1. The lowest BCUT2D eigenvalue weighted by Crippen LogP contribution is -2.15. The quantitative estimate of drug-likeness (QED) is 0.778. The van der Waals surface area contributed by atoms with Crippen LogP contribution in [0.3, 0.4) is 0 Å². The molecule has 0 amide bonds. The number of para-hydroxylation sites is 1. The van der Waals surface area contributed by atoms with E-state index in [2.05, 4.69) is 22.1 Å². The Kier molecular flexibility index (Phi) is 3.96. The maximum atomic E-state index is 5.91. The Balaban J connectivity index is 1.73. The standard InChI is InChI=1S/C17H17N3O/c1-13(21-15-5-3-2-4-6-15)11-17-16(12-19-20-17)14-7-9-18-10-8-14/h2-10,12-13H,11H2,1H3,(H,19,20). The maximum absolute atomic E-state index is 5.91. The van der Waals surface area contributed by atoms with Gasteiger partial charge in [0.25, 0.3) is 0 Å². The Hall–Kier alpha value is -2.62. The number of rotatable bonds is 5. The third kappa shape index (κ3) is 3.28. The zero-order chi connectivity index (χ0) is 14.5. The van der Waals surface area contributed by atoms with E-state index >= 15 is 0 Å². The highest BCUT2D eigenvalue weighted by molar-refractivity contribution is 5.64. The molecule has 1 unspecified atom stereocenters. The molecule has 0 spiro atoms. The van der Waals surface area contributed by atoms with Crippen LogP contribution in [0.2, 0.25) is 0 Å². The van der Waals surface area contributed by atoms with Gasteiger partial charge in [-0.15, -0.1) is 0 Å². The van der Waals surface area contributed by atoms with Crippen LogP contribution < -0.4 is 4.74 Å². The fourth-order valence-electron chi connectivity index (χ4n) is 2.30. The molecule has 0 fully saturated rings. The first kappa shape index (κ1) is 13.4. The first-order valence-electron chi connectivity index (χ1n) is 6.97. The van der Waals surface area contributed by atoms with Crippen LogP contribution in [0, 0.1) is 0 Å². The Bertz CT molecular complexity index is 680. The second kappa shape index (κ2) is 6.22. The highest BCUT2D eigenvalue weighted by Crippen LogP contribution is 2.23. The van der Waals surface area contributed by atoms with E-state index in [1.54, 1.807) is 12.4 Å². The molecule has 1 N–H and O–H groups in total. The molecule has 0 aliphatic carbocycles. The van der Waals surface area contributed by atoms with Crippen molar-refractivity contribution < 1.29 is 4.74 Å². The molecule has 2 aromatic heterocycles. The van der Waals surface area contributed by atoms with Crippen molar-refractivity contribution in [3.05, 3.63) is 66.7 Å². The van der Waals surface area contributed by atoms with Crippen molar-refractivity contribution in [2.24, 2.45) is 0 Å². The molecule has 3 rings (SSSR count). The van der Waals surface area contributed by atoms with Gasteiger partial charge in [0, 0.05) is 30.6 Å². The first-order valence-corrected chi connectivity index (χ1v) is 6.97. The van der Waals surface area contributed by atoms with Gasteiger partial charge in [-0.05, 0) is 36.8 Å². The SMILES string of the molecule is CC(Cc1n[nH]cc1-c1ccncc1)Oc1ccccc1. The van der Waals surface area contributed by atoms with E-state index < -0.39 is 0 Å². The summed E-state index contributed by atoms with van der Waals surface area (Å²) in [6, 6.07) is 13.8. The van der Waals surface area contributed by atoms with E-state index in [1.807, 2.05) is 48.7 Å². The summed E-state index contributed by atoms with van der Waals surface area (Å²) in [5.74, 6) is 0.881. The molecule has 0 saturated heterocycles. The van der Waals surface area contributed by atoms with Gasteiger partial charge in [0.05, 0.1) is 5.69 Å². The minimum Gasteiger partial charge on any atom is -0.490 e. The topological polar surface area (TPSA) is 50.8 Å². The van der Waals surface area contributed by atoms with Crippen LogP contribution in [0.5, 0.6) is 5.75 Å². The van der Waals surface area contributed by atoms with Crippen molar-refractivity contribution in [1.82, 2.24) is 15.2 Å². The fraction of sp³-hybridized carbons (Fsp3) is 0.176. The van der Waals surface area contributed by atoms with Gasteiger partial charge in [0.2, 0.25) is 0 Å². The molecular weight excluding hydrogens is 262 g/mol. The van der Waals surface area contributed by atoms with E-state index in [9.17, 15) is 0 Å². The number of aromatic amines is 1. The molecule has 0 saturated carbocycles. The molecular formula is C17H17N3O. The number of benzene rings is 1. The normalized spacial score (nSPS) is 12.0. The van der Waals surface area contributed by atoms with Crippen LogP contribution in [0.4, 0.5) is 0 Å². The summed E-state index contributed by atoms with van der Waals surface area (Å²) in [5, 5.41) is 7.29. The minimum absolute atomic E-state index is 0.0521. The van der Waals surface area contributed by atoms with Gasteiger partial charge < -0.3 is 4.74 Å². The zero-order valence-electron chi connectivity index (χ0n) is 11.9. The lowest BCUT2D eigenvalue weighted by molar-refractivity contribution is 0.221. The number of aromatic nitrogens is 3. The molecule has 3 aromatic rings. The predicted molar refractivity (Wildman–Crippen MR) is 82.1 cm³/mol. The van der Waals surface area contributed by atoms with Gasteiger partial charge in [-0.2, -0.15) is 5.10 Å². The van der Waals surface area contributed by atoms with Crippen molar-refractivity contribution in [2.45, 2.75) is 19.4 Å². The lowest BCUT2D eigenvalue weighted by Gasteiger charge is -2.14. The van der Waals surface area contributed by atoms with Gasteiger partial charge in [0.1, 0.15) is 11.9 Å². The molecule has 1 atom stereocenters. The highest BCUT2D eigenvalue weighted by Gasteiger charge is 2.13. The molecule has 0 aliphatic heterocycles. The second-order valence-corrected chi connectivity index (χ2v) is 4.93. The largest absolute Gasteiger partial charge is 0.490 e. The van der Waals surface area contributed by atoms with Crippen LogP contribution in [-0.2, 0) is 6.42 Å². The van der Waals surface area contributed by atoms with Gasteiger partial charge >= 0.3 is 0 Å². The van der Waals surface area contributed by atoms with Crippen LogP contribution in [0.25, 0.3) is 11.1 Å². The Labute approximate surface area is 123 Å². The third-order valence-electron chi connectivity index (χ3n) is 3.27. The summed E-state index contributed by atoms with van der Waals surface area (Å²) in [7, 11) is 0. The van der Waals surface area contributed by atoms with Crippen molar-refractivity contribution in [1.29, 1.82) is 0 Å². The molecule has 21 heavy (non-hydrogen) atoms. The van der Waals surface area contributed by atoms with E-state index in [1.165, 1.54) is 0 Å². The van der Waals surface area contributed by atoms with Gasteiger partial charge in [-0.3, -0.25) is 10.1 Å². The molecule has 4 nitrogen and oxygen atoms in total. The Morgan fingerprint density at radius 2 is 1.86 bits per heavy atom. The number of hydrogen-bond donors (Lipinski definition) is 1. The second-order valence-electron chi connectivity index (χ2n) is 4.93. The van der Waals surface area contributed by atoms with E-state index in [4.69, 9.17) is 4.74 Å². The summed E-state index contributed by atoms with van der Waals surface area (Å²) in [5.41, 5.74) is 3.21. The summed E-state index contributed by atoms with van der Waals surface area (Å²) in [6.45, 7) is 2.05. The van der Waals surface area contributed by atoms with Crippen LogP contribution >= 0.6 is 0 Å². The van der Waals surface area contributed by atoms with Crippen LogP contribution in [-0.4, -0.2) is 21.3 Å². The van der Waals surface area contributed by atoms with E-state index in [0.717, 1.165) is 29.0 Å². The van der Waals surface area contributed by atoms with Gasteiger partial charge in [-0.25, -0.2) is 0 Å². The Morgan fingerprint density at radius 3 is 2.62 bits per heavy atom. The number of nitrogens with one attached hydrogen (secondary N) is 1. The predicted octanol–water partition coefficient (Wildman–Crippen LogP) is 3.48. The zero-order valence-corrected chi connectivity index (χ0v) is 11.9.